The van der Waals surface area contributed by atoms with Gasteiger partial charge in [0.2, 0.25) is 10.8 Å². The average molecular weight is 377 g/mol. The van der Waals surface area contributed by atoms with E-state index in [9.17, 15) is 10.1 Å². The molecule has 0 saturated carbocycles. The van der Waals surface area contributed by atoms with Crippen molar-refractivity contribution in [2.75, 3.05) is 0 Å². The zero-order valence-corrected chi connectivity index (χ0v) is 14.8. The Bertz CT molecular complexity index is 1320. The lowest BCUT2D eigenvalue weighted by molar-refractivity contribution is -0.384. The molecule has 4 aromatic heterocycles. The molecule has 27 heavy (non-hydrogen) atoms. The van der Waals surface area contributed by atoms with E-state index in [4.69, 9.17) is 0 Å². The molecular weight excluding hydrogens is 366 g/mol. The number of nitro benzene ring substituents is 1. The summed E-state index contributed by atoms with van der Waals surface area (Å²) in [6.45, 7) is 1.92. The molecule has 0 bridgehead atoms. The standard InChI is InChI=1S/C17H11N7O2S/c1-10-14(22-9-3-2-4-13(22)18-10)15-19-20-17-23(15)21-16(27-17)11-5-7-12(8-6-11)24(25)26/h2-9H,1H3. The van der Waals surface area contributed by atoms with Gasteiger partial charge in [-0.05, 0) is 31.2 Å². The first-order valence-corrected chi connectivity index (χ1v) is 8.84. The highest BCUT2D eigenvalue weighted by atomic mass is 32.1. The molecule has 1 aromatic carbocycles. The summed E-state index contributed by atoms with van der Waals surface area (Å²) < 4.78 is 3.64. The summed E-state index contributed by atoms with van der Waals surface area (Å²) in [5, 5.41) is 24.7. The van der Waals surface area contributed by atoms with Gasteiger partial charge in [-0.3, -0.25) is 14.5 Å². The van der Waals surface area contributed by atoms with Gasteiger partial charge in [0.25, 0.3) is 5.69 Å². The van der Waals surface area contributed by atoms with Crippen LogP contribution in [0.1, 0.15) is 5.69 Å². The summed E-state index contributed by atoms with van der Waals surface area (Å²) in [5.41, 5.74) is 3.33. The zero-order valence-electron chi connectivity index (χ0n) is 14.0. The van der Waals surface area contributed by atoms with Gasteiger partial charge in [-0.2, -0.15) is 9.61 Å². The van der Waals surface area contributed by atoms with Crippen molar-refractivity contribution in [3.8, 4) is 22.1 Å². The number of imidazole rings is 1. The molecule has 0 saturated heterocycles. The van der Waals surface area contributed by atoms with Crippen LogP contribution >= 0.6 is 11.3 Å². The van der Waals surface area contributed by atoms with Crippen molar-refractivity contribution >= 4 is 27.6 Å². The third kappa shape index (κ3) is 2.38. The number of fused-ring (bicyclic) bond motifs is 2. The maximum absolute atomic E-state index is 10.8. The van der Waals surface area contributed by atoms with Crippen LogP contribution in [0.4, 0.5) is 5.69 Å². The van der Waals surface area contributed by atoms with Crippen LogP contribution in [-0.4, -0.2) is 34.1 Å². The van der Waals surface area contributed by atoms with Gasteiger partial charge in [0.05, 0.1) is 10.6 Å². The molecule has 0 N–H and O–H groups in total. The molecule has 4 heterocycles. The van der Waals surface area contributed by atoms with E-state index in [1.807, 2.05) is 35.7 Å². The van der Waals surface area contributed by atoms with Crippen LogP contribution < -0.4 is 0 Å². The Morgan fingerprint density at radius 3 is 2.70 bits per heavy atom. The molecule has 0 aliphatic heterocycles. The molecule has 0 aliphatic rings. The minimum absolute atomic E-state index is 0.0452. The second-order valence-electron chi connectivity index (χ2n) is 5.90. The van der Waals surface area contributed by atoms with Crippen LogP contribution in [0.15, 0.2) is 48.7 Å². The molecule has 5 aromatic rings. The molecule has 0 spiro atoms. The predicted octanol–water partition coefficient (Wildman–Crippen LogP) is 3.38. The molecule has 0 fully saturated rings. The second kappa shape index (κ2) is 5.68. The van der Waals surface area contributed by atoms with Gasteiger partial charge in [0.1, 0.15) is 16.3 Å². The van der Waals surface area contributed by atoms with Crippen LogP contribution in [0.5, 0.6) is 0 Å². The van der Waals surface area contributed by atoms with Crippen molar-refractivity contribution in [1.29, 1.82) is 0 Å². The molecule has 0 amide bonds. The van der Waals surface area contributed by atoms with Crippen molar-refractivity contribution in [2.45, 2.75) is 6.92 Å². The van der Waals surface area contributed by atoms with Crippen molar-refractivity contribution < 1.29 is 4.92 Å². The quantitative estimate of drug-likeness (QED) is 0.353. The fourth-order valence-electron chi connectivity index (χ4n) is 2.99. The number of pyridine rings is 1. The van der Waals surface area contributed by atoms with Crippen molar-refractivity contribution in [3.05, 3.63) is 64.5 Å². The Hall–Kier alpha value is -3.66. The number of hydrogen-bond donors (Lipinski definition) is 0. The fraction of sp³-hybridized carbons (Fsp3) is 0.0588. The third-order valence-electron chi connectivity index (χ3n) is 4.23. The molecule has 5 rings (SSSR count). The molecule has 0 unspecified atom stereocenters. The lowest BCUT2D eigenvalue weighted by Crippen LogP contribution is -1.96. The Morgan fingerprint density at radius 2 is 1.93 bits per heavy atom. The van der Waals surface area contributed by atoms with Crippen molar-refractivity contribution in [2.24, 2.45) is 0 Å². The lowest BCUT2D eigenvalue weighted by Gasteiger charge is -1.99. The lowest BCUT2D eigenvalue weighted by atomic mass is 10.2. The number of hydrogen-bond acceptors (Lipinski definition) is 7. The number of non-ortho nitro benzene ring substituents is 1. The van der Waals surface area contributed by atoms with Crippen LogP contribution in [0.3, 0.4) is 0 Å². The molecule has 132 valence electrons. The number of rotatable bonds is 3. The monoisotopic (exact) mass is 377 g/mol. The fourth-order valence-corrected chi connectivity index (χ4v) is 3.83. The first kappa shape index (κ1) is 15.6. The summed E-state index contributed by atoms with van der Waals surface area (Å²) in [6.07, 6.45) is 1.93. The van der Waals surface area contributed by atoms with Crippen LogP contribution in [0.2, 0.25) is 0 Å². The highest BCUT2D eigenvalue weighted by molar-refractivity contribution is 7.19. The van der Waals surface area contributed by atoms with Crippen LogP contribution in [-0.2, 0) is 0 Å². The number of nitro groups is 1. The predicted molar refractivity (Wildman–Crippen MR) is 99.7 cm³/mol. The smallest absolute Gasteiger partial charge is 0.269 e. The van der Waals surface area contributed by atoms with Gasteiger partial charge in [-0.1, -0.05) is 17.4 Å². The Kier molecular flexibility index (Phi) is 3.28. The van der Waals surface area contributed by atoms with Gasteiger partial charge >= 0.3 is 0 Å². The summed E-state index contributed by atoms with van der Waals surface area (Å²) in [6, 6.07) is 12.1. The maximum Gasteiger partial charge on any atom is 0.269 e. The third-order valence-corrected chi connectivity index (χ3v) is 5.18. The number of nitrogens with zero attached hydrogens (tertiary/aromatic N) is 7. The first-order chi connectivity index (χ1) is 13.1. The second-order valence-corrected chi connectivity index (χ2v) is 6.86. The maximum atomic E-state index is 10.8. The Balaban J connectivity index is 1.65. The van der Waals surface area contributed by atoms with E-state index in [2.05, 4.69) is 20.3 Å². The number of aromatic nitrogens is 6. The van der Waals surface area contributed by atoms with Gasteiger partial charge in [-0.15, -0.1) is 10.2 Å². The van der Waals surface area contributed by atoms with Gasteiger partial charge in [0.15, 0.2) is 0 Å². The summed E-state index contributed by atoms with van der Waals surface area (Å²) in [4.78, 5) is 15.6. The minimum Gasteiger partial charge on any atom is -0.297 e. The topological polar surface area (TPSA) is 104 Å². The molecular formula is C17H11N7O2S. The molecule has 0 aliphatic carbocycles. The van der Waals surface area contributed by atoms with E-state index in [1.165, 1.54) is 23.5 Å². The van der Waals surface area contributed by atoms with E-state index in [0.717, 1.165) is 22.6 Å². The van der Waals surface area contributed by atoms with Crippen molar-refractivity contribution in [3.63, 3.8) is 0 Å². The minimum atomic E-state index is -0.423. The number of benzene rings is 1. The van der Waals surface area contributed by atoms with Gasteiger partial charge < -0.3 is 0 Å². The van der Waals surface area contributed by atoms with Crippen LogP contribution in [0, 0.1) is 17.0 Å². The van der Waals surface area contributed by atoms with Gasteiger partial charge in [0, 0.05) is 23.9 Å². The zero-order chi connectivity index (χ0) is 18.5. The highest BCUT2D eigenvalue weighted by Gasteiger charge is 2.20. The first-order valence-electron chi connectivity index (χ1n) is 8.03. The van der Waals surface area contributed by atoms with Crippen molar-refractivity contribution in [1.82, 2.24) is 29.2 Å². The Labute approximate surface area is 155 Å². The molecule has 10 heteroatoms. The molecule has 9 nitrogen and oxygen atoms in total. The molecule has 0 atom stereocenters. The van der Waals surface area contributed by atoms with E-state index in [-0.39, 0.29) is 5.69 Å². The van der Waals surface area contributed by atoms with E-state index >= 15 is 0 Å². The Morgan fingerprint density at radius 1 is 1.11 bits per heavy atom. The summed E-state index contributed by atoms with van der Waals surface area (Å²) in [7, 11) is 0. The van der Waals surface area contributed by atoms with E-state index in [1.54, 1.807) is 16.6 Å². The normalized spacial score (nSPS) is 11.4. The van der Waals surface area contributed by atoms with E-state index in [0.29, 0.717) is 15.8 Å². The van der Waals surface area contributed by atoms with Gasteiger partial charge in [-0.25, -0.2) is 4.98 Å². The number of aryl methyl sites for hydroxylation is 1. The highest BCUT2D eigenvalue weighted by Crippen LogP contribution is 2.30. The van der Waals surface area contributed by atoms with Crippen LogP contribution in [0.25, 0.3) is 32.7 Å². The largest absolute Gasteiger partial charge is 0.297 e. The molecule has 0 radical (unpaired) electrons. The summed E-state index contributed by atoms with van der Waals surface area (Å²) >= 11 is 1.37. The SMILES string of the molecule is Cc1nc2ccccn2c1-c1nnc2sc(-c3ccc([N+](=O)[O-])cc3)nn12. The summed E-state index contributed by atoms with van der Waals surface area (Å²) in [5.74, 6) is 0.602. The average Bonchev–Trinajstić information content (AvgIpc) is 3.33. The van der Waals surface area contributed by atoms with E-state index < -0.39 is 4.92 Å².